The lowest BCUT2D eigenvalue weighted by Crippen LogP contribution is -2.53. The number of carbonyl (C=O) groups is 1. The number of aromatic nitrogens is 3. The molecule has 1 aliphatic carbocycles. The molecule has 0 spiro atoms. The summed E-state index contributed by atoms with van der Waals surface area (Å²) in [6.07, 6.45) is 8.24. The quantitative estimate of drug-likeness (QED) is 0.869. The van der Waals surface area contributed by atoms with Crippen molar-refractivity contribution in [3.05, 3.63) is 11.9 Å². The van der Waals surface area contributed by atoms with Gasteiger partial charge in [0.1, 0.15) is 0 Å². The highest BCUT2D eigenvalue weighted by molar-refractivity contribution is 5.92. The predicted octanol–water partition coefficient (Wildman–Crippen LogP) is 1.27. The number of nitrogens with one attached hydrogen (secondary N) is 2. The molecule has 0 atom stereocenters. The molecule has 6 heteroatoms. The SMILES string of the molecule is CCC1(NC(=O)c2cn(C3CCNCC3)nn2)CCC1. The van der Waals surface area contributed by atoms with E-state index in [0.29, 0.717) is 11.7 Å². The van der Waals surface area contributed by atoms with Gasteiger partial charge in [-0.15, -0.1) is 5.10 Å². The normalized spacial score (nSPS) is 22.2. The van der Waals surface area contributed by atoms with E-state index in [-0.39, 0.29) is 11.4 Å². The highest BCUT2D eigenvalue weighted by atomic mass is 16.2. The number of hydrogen-bond donors (Lipinski definition) is 2. The van der Waals surface area contributed by atoms with Crippen molar-refractivity contribution < 1.29 is 4.79 Å². The fourth-order valence-electron chi connectivity index (χ4n) is 3.11. The van der Waals surface area contributed by atoms with Gasteiger partial charge in [-0.2, -0.15) is 0 Å². The van der Waals surface area contributed by atoms with Crippen molar-refractivity contribution in [2.24, 2.45) is 0 Å². The Kier molecular flexibility index (Phi) is 3.74. The minimum atomic E-state index is -0.0771. The summed E-state index contributed by atoms with van der Waals surface area (Å²) in [5.41, 5.74) is 0.457. The second kappa shape index (κ2) is 5.52. The standard InChI is InChI=1S/C14H23N5O/c1-2-14(6-3-7-14)16-13(20)12-10-19(18-17-12)11-4-8-15-9-5-11/h10-11,15H,2-9H2,1H3,(H,16,20). The van der Waals surface area contributed by atoms with Gasteiger partial charge in [0, 0.05) is 5.54 Å². The number of piperidine rings is 1. The van der Waals surface area contributed by atoms with E-state index in [9.17, 15) is 4.79 Å². The van der Waals surface area contributed by atoms with Crippen LogP contribution in [-0.2, 0) is 0 Å². The van der Waals surface area contributed by atoms with Crippen LogP contribution in [0.25, 0.3) is 0 Å². The largest absolute Gasteiger partial charge is 0.345 e. The van der Waals surface area contributed by atoms with Gasteiger partial charge in [0.25, 0.3) is 5.91 Å². The van der Waals surface area contributed by atoms with E-state index in [1.165, 1.54) is 6.42 Å². The van der Waals surface area contributed by atoms with Gasteiger partial charge in [-0.1, -0.05) is 12.1 Å². The van der Waals surface area contributed by atoms with Gasteiger partial charge in [-0.25, -0.2) is 4.68 Å². The Labute approximate surface area is 119 Å². The Morgan fingerprint density at radius 3 is 2.85 bits per heavy atom. The highest BCUT2D eigenvalue weighted by Gasteiger charge is 2.37. The number of amides is 1. The maximum absolute atomic E-state index is 12.3. The molecule has 0 bridgehead atoms. The molecule has 20 heavy (non-hydrogen) atoms. The monoisotopic (exact) mass is 277 g/mol. The zero-order valence-corrected chi connectivity index (χ0v) is 12.1. The third kappa shape index (κ3) is 2.57. The molecule has 1 amide bonds. The van der Waals surface area contributed by atoms with Crippen molar-refractivity contribution in [3.63, 3.8) is 0 Å². The zero-order valence-electron chi connectivity index (χ0n) is 12.1. The fourth-order valence-corrected chi connectivity index (χ4v) is 3.11. The topological polar surface area (TPSA) is 71.8 Å². The second-order valence-electron chi connectivity index (χ2n) is 6.01. The molecular formula is C14H23N5O. The number of hydrogen-bond acceptors (Lipinski definition) is 4. The van der Waals surface area contributed by atoms with Crippen molar-refractivity contribution in [2.45, 2.75) is 57.0 Å². The maximum atomic E-state index is 12.3. The van der Waals surface area contributed by atoms with E-state index in [1.54, 1.807) is 6.20 Å². The summed E-state index contributed by atoms with van der Waals surface area (Å²) in [4.78, 5) is 12.3. The lowest BCUT2D eigenvalue weighted by atomic mass is 9.75. The summed E-state index contributed by atoms with van der Waals surface area (Å²) in [6.45, 7) is 4.14. The van der Waals surface area contributed by atoms with Crippen LogP contribution < -0.4 is 10.6 Å². The van der Waals surface area contributed by atoms with Gasteiger partial charge in [-0.3, -0.25) is 4.79 Å². The molecular weight excluding hydrogens is 254 g/mol. The van der Waals surface area contributed by atoms with Gasteiger partial charge >= 0.3 is 0 Å². The van der Waals surface area contributed by atoms with Gasteiger partial charge in [0.15, 0.2) is 5.69 Å². The summed E-state index contributed by atoms with van der Waals surface area (Å²) in [7, 11) is 0. The molecule has 2 N–H and O–H groups in total. The summed E-state index contributed by atoms with van der Waals surface area (Å²) in [5, 5.41) is 14.7. The summed E-state index contributed by atoms with van der Waals surface area (Å²) < 4.78 is 1.86. The summed E-state index contributed by atoms with van der Waals surface area (Å²) in [6, 6.07) is 0.370. The Hall–Kier alpha value is -1.43. The van der Waals surface area contributed by atoms with Crippen LogP contribution in [0.3, 0.4) is 0 Å². The minimum absolute atomic E-state index is 0.00955. The van der Waals surface area contributed by atoms with E-state index in [1.807, 2.05) is 4.68 Å². The van der Waals surface area contributed by atoms with Crippen molar-refractivity contribution >= 4 is 5.91 Å². The molecule has 1 aromatic rings. The summed E-state index contributed by atoms with van der Waals surface area (Å²) in [5.74, 6) is -0.0771. The predicted molar refractivity (Wildman–Crippen MR) is 75.5 cm³/mol. The van der Waals surface area contributed by atoms with Gasteiger partial charge in [0.05, 0.1) is 12.2 Å². The fraction of sp³-hybridized carbons (Fsp3) is 0.786. The first-order chi connectivity index (χ1) is 9.72. The molecule has 3 rings (SSSR count). The van der Waals surface area contributed by atoms with Crippen LogP contribution in [0.2, 0.25) is 0 Å². The number of rotatable bonds is 4. The Balaban J connectivity index is 1.65. The number of carbonyl (C=O) groups excluding carboxylic acids is 1. The van der Waals surface area contributed by atoms with E-state index in [2.05, 4.69) is 27.9 Å². The smallest absolute Gasteiger partial charge is 0.273 e. The molecule has 0 unspecified atom stereocenters. The first kappa shape index (κ1) is 13.5. The lowest BCUT2D eigenvalue weighted by molar-refractivity contribution is 0.0815. The van der Waals surface area contributed by atoms with Crippen molar-refractivity contribution in [1.82, 2.24) is 25.6 Å². The van der Waals surface area contributed by atoms with E-state index >= 15 is 0 Å². The molecule has 110 valence electrons. The molecule has 1 aromatic heterocycles. The number of nitrogens with zero attached hydrogens (tertiary/aromatic N) is 3. The molecule has 1 aliphatic heterocycles. The molecule has 2 fully saturated rings. The third-order valence-electron chi connectivity index (χ3n) is 4.79. The van der Waals surface area contributed by atoms with Gasteiger partial charge < -0.3 is 10.6 Å². The van der Waals surface area contributed by atoms with Crippen LogP contribution in [-0.4, -0.2) is 39.5 Å². The molecule has 6 nitrogen and oxygen atoms in total. The first-order valence-corrected chi connectivity index (χ1v) is 7.67. The van der Waals surface area contributed by atoms with Crippen LogP contribution in [0.4, 0.5) is 0 Å². The van der Waals surface area contributed by atoms with Crippen molar-refractivity contribution in [2.75, 3.05) is 13.1 Å². The van der Waals surface area contributed by atoms with Crippen LogP contribution in [0.15, 0.2) is 6.20 Å². The Bertz CT molecular complexity index is 468. The molecule has 1 saturated carbocycles. The molecule has 2 aliphatic rings. The maximum Gasteiger partial charge on any atom is 0.273 e. The van der Waals surface area contributed by atoms with Gasteiger partial charge in [-0.05, 0) is 51.6 Å². The van der Waals surface area contributed by atoms with Crippen molar-refractivity contribution in [3.8, 4) is 0 Å². The molecule has 1 saturated heterocycles. The van der Waals surface area contributed by atoms with Crippen molar-refractivity contribution in [1.29, 1.82) is 0 Å². The summed E-state index contributed by atoms with van der Waals surface area (Å²) >= 11 is 0. The molecule has 0 radical (unpaired) electrons. The van der Waals surface area contributed by atoms with Gasteiger partial charge in [0.2, 0.25) is 0 Å². The minimum Gasteiger partial charge on any atom is -0.345 e. The van der Waals surface area contributed by atoms with E-state index in [0.717, 1.165) is 45.2 Å². The average molecular weight is 277 g/mol. The van der Waals surface area contributed by atoms with Crippen LogP contribution in [0.1, 0.15) is 62.0 Å². The first-order valence-electron chi connectivity index (χ1n) is 7.67. The molecule has 0 aromatic carbocycles. The average Bonchev–Trinajstić information content (AvgIpc) is 2.93. The molecule has 2 heterocycles. The Morgan fingerprint density at radius 2 is 2.25 bits per heavy atom. The highest BCUT2D eigenvalue weighted by Crippen LogP contribution is 2.34. The lowest BCUT2D eigenvalue weighted by Gasteiger charge is -2.41. The van der Waals surface area contributed by atoms with Crippen LogP contribution >= 0.6 is 0 Å². The van der Waals surface area contributed by atoms with E-state index < -0.39 is 0 Å². The van der Waals surface area contributed by atoms with E-state index in [4.69, 9.17) is 0 Å². The zero-order chi connectivity index (χ0) is 14.0. The Morgan fingerprint density at radius 1 is 1.50 bits per heavy atom. The third-order valence-corrected chi connectivity index (χ3v) is 4.79. The van der Waals surface area contributed by atoms with Crippen LogP contribution in [0, 0.1) is 0 Å². The second-order valence-corrected chi connectivity index (χ2v) is 6.01. The van der Waals surface area contributed by atoms with Crippen LogP contribution in [0.5, 0.6) is 0 Å².